The molecule has 0 saturated heterocycles. The molecule has 0 amide bonds. The maximum absolute atomic E-state index is 9.55. The second kappa shape index (κ2) is 8.45. The summed E-state index contributed by atoms with van der Waals surface area (Å²) in [6.45, 7) is 0.694. The molecule has 0 radical (unpaired) electrons. The Balaban J connectivity index is -0.0000000817. The van der Waals surface area contributed by atoms with Crippen molar-refractivity contribution in [1.29, 1.82) is 0 Å². The SMILES string of the molecule is NCCNOC(=O)O.[Ca+2].[H-].[H-]. The van der Waals surface area contributed by atoms with Crippen LogP contribution in [0.25, 0.3) is 0 Å². The fourth-order valence-electron chi connectivity index (χ4n) is 0.172. The third-order valence-electron chi connectivity index (χ3n) is 0.406. The first-order valence-electron chi connectivity index (χ1n) is 2.10. The van der Waals surface area contributed by atoms with Gasteiger partial charge in [0.05, 0.1) is 0 Å². The van der Waals surface area contributed by atoms with E-state index in [0.717, 1.165) is 0 Å². The normalized spacial score (nSPS) is 7.67. The molecule has 0 aromatic heterocycles. The second-order valence-electron chi connectivity index (χ2n) is 1.05. The molecule has 0 aliphatic heterocycles. The van der Waals surface area contributed by atoms with Gasteiger partial charge >= 0.3 is 43.9 Å². The molecule has 0 fully saturated rings. The number of nitrogens with one attached hydrogen (secondary N) is 1. The van der Waals surface area contributed by atoms with Crippen LogP contribution in [-0.4, -0.2) is 62.1 Å². The van der Waals surface area contributed by atoms with E-state index in [-0.39, 0.29) is 40.6 Å². The van der Waals surface area contributed by atoms with Crippen LogP contribution in [0.2, 0.25) is 0 Å². The predicted molar refractivity (Wildman–Crippen MR) is 34.1 cm³/mol. The topological polar surface area (TPSA) is 84.6 Å². The van der Waals surface area contributed by atoms with Gasteiger partial charge in [0.25, 0.3) is 0 Å². The summed E-state index contributed by atoms with van der Waals surface area (Å²) in [5.41, 5.74) is 7.09. The van der Waals surface area contributed by atoms with Gasteiger partial charge in [-0.15, -0.1) is 5.48 Å². The van der Waals surface area contributed by atoms with E-state index >= 15 is 0 Å². The van der Waals surface area contributed by atoms with Crippen LogP contribution in [0, 0.1) is 0 Å². The first kappa shape index (κ1) is 12.2. The molecular formula is C3H10CaN2O3. The largest absolute Gasteiger partial charge is 2.00 e. The van der Waals surface area contributed by atoms with E-state index in [1.807, 2.05) is 0 Å². The Hall–Kier alpha value is 0.450. The van der Waals surface area contributed by atoms with Crippen LogP contribution in [0.4, 0.5) is 4.79 Å². The minimum Gasteiger partial charge on any atom is -1.00 e. The zero-order valence-corrected chi connectivity index (χ0v) is 7.17. The average molecular weight is 162 g/mol. The van der Waals surface area contributed by atoms with E-state index in [0.29, 0.717) is 13.1 Å². The van der Waals surface area contributed by atoms with Gasteiger partial charge < -0.3 is 18.5 Å². The van der Waals surface area contributed by atoms with Crippen molar-refractivity contribution in [2.24, 2.45) is 5.73 Å². The maximum Gasteiger partial charge on any atom is 2.00 e. The van der Waals surface area contributed by atoms with Crippen LogP contribution in [-0.2, 0) is 4.84 Å². The van der Waals surface area contributed by atoms with E-state index in [4.69, 9.17) is 10.8 Å². The monoisotopic (exact) mass is 162 g/mol. The number of hydroxylamine groups is 1. The van der Waals surface area contributed by atoms with Gasteiger partial charge in [-0.2, -0.15) is 0 Å². The van der Waals surface area contributed by atoms with Gasteiger partial charge in [-0.3, -0.25) is 0 Å². The molecule has 0 saturated carbocycles. The van der Waals surface area contributed by atoms with Crippen LogP contribution in [0.15, 0.2) is 0 Å². The summed E-state index contributed by atoms with van der Waals surface area (Å²) < 4.78 is 0. The molecule has 0 unspecified atom stereocenters. The summed E-state index contributed by atoms with van der Waals surface area (Å²) in [4.78, 5) is 13.4. The molecule has 5 nitrogen and oxygen atoms in total. The average Bonchev–Trinajstić information content (AvgIpc) is 1.66. The number of hydrogen-bond donors (Lipinski definition) is 3. The molecule has 0 aromatic rings. The van der Waals surface area contributed by atoms with Crippen LogP contribution in [0.3, 0.4) is 0 Å². The van der Waals surface area contributed by atoms with Crippen LogP contribution in [0.5, 0.6) is 0 Å². The minimum absolute atomic E-state index is 0. The second-order valence-corrected chi connectivity index (χ2v) is 1.05. The Morgan fingerprint density at radius 3 is 2.78 bits per heavy atom. The molecule has 0 spiro atoms. The Labute approximate surface area is 85.5 Å². The van der Waals surface area contributed by atoms with Gasteiger partial charge in [0.2, 0.25) is 0 Å². The summed E-state index contributed by atoms with van der Waals surface area (Å²) in [6.07, 6.45) is -1.35. The molecule has 0 rings (SSSR count). The first-order valence-corrected chi connectivity index (χ1v) is 2.10. The molecule has 9 heavy (non-hydrogen) atoms. The maximum atomic E-state index is 9.55. The van der Waals surface area contributed by atoms with Crippen molar-refractivity contribution in [1.82, 2.24) is 5.48 Å². The minimum atomic E-state index is -1.35. The van der Waals surface area contributed by atoms with E-state index < -0.39 is 6.16 Å². The zero-order chi connectivity index (χ0) is 6.41. The Bertz CT molecular complexity index is 87.0. The molecular weight excluding hydrogens is 152 g/mol. The first-order chi connectivity index (χ1) is 3.77. The van der Waals surface area contributed by atoms with Crippen molar-refractivity contribution in [2.45, 2.75) is 0 Å². The molecule has 0 aliphatic rings. The van der Waals surface area contributed by atoms with Crippen molar-refractivity contribution >= 4 is 43.9 Å². The van der Waals surface area contributed by atoms with Crippen molar-refractivity contribution in [3.63, 3.8) is 0 Å². The quantitative estimate of drug-likeness (QED) is 0.281. The predicted octanol–water partition coefficient (Wildman–Crippen LogP) is -1.01. The molecule has 0 aromatic carbocycles. The summed E-state index contributed by atoms with van der Waals surface area (Å²) in [7, 11) is 0. The van der Waals surface area contributed by atoms with E-state index in [9.17, 15) is 4.79 Å². The smallest absolute Gasteiger partial charge is 1.00 e. The summed E-state index contributed by atoms with van der Waals surface area (Å²) in [5.74, 6) is 0. The Morgan fingerprint density at radius 2 is 2.44 bits per heavy atom. The van der Waals surface area contributed by atoms with Crippen molar-refractivity contribution in [3.8, 4) is 0 Å². The third-order valence-corrected chi connectivity index (χ3v) is 0.406. The molecule has 0 aliphatic carbocycles. The standard InChI is InChI=1S/C3H8N2O3.Ca.2H/c4-1-2-5-8-3(6)7;;;/h5H,1-2,4H2,(H,6,7);;;/q;+2;2*-1. The van der Waals surface area contributed by atoms with E-state index in [1.165, 1.54) is 0 Å². The van der Waals surface area contributed by atoms with Crippen LogP contribution >= 0.6 is 0 Å². The Kier molecular flexibility index (Phi) is 11.4. The molecule has 0 atom stereocenters. The fourth-order valence-corrected chi connectivity index (χ4v) is 0.172. The van der Waals surface area contributed by atoms with Crippen molar-refractivity contribution in [2.75, 3.05) is 13.1 Å². The molecule has 0 bridgehead atoms. The number of carboxylic acid groups (broad SMARTS) is 1. The van der Waals surface area contributed by atoms with E-state index in [2.05, 4.69) is 10.3 Å². The fraction of sp³-hybridized carbons (Fsp3) is 0.667. The number of carbonyl (C=O) groups is 1. The van der Waals surface area contributed by atoms with Crippen LogP contribution in [0.1, 0.15) is 2.85 Å². The number of hydrogen-bond acceptors (Lipinski definition) is 4. The summed E-state index contributed by atoms with van der Waals surface area (Å²) in [6, 6.07) is 0. The zero-order valence-electron chi connectivity index (χ0n) is 6.96. The molecule has 4 N–H and O–H groups in total. The summed E-state index contributed by atoms with van der Waals surface area (Å²) >= 11 is 0. The third kappa shape index (κ3) is 11.8. The molecule has 6 heteroatoms. The van der Waals surface area contributed by atoms with Gasteiger partial charge in [-0.1, -0.05) is 0 Å². The van der Waals surface area contributed by atoms with Gasteiger partial charge in [-0.25, -0.2) is 4.79 Å². The van der Waals surface area contributed by atoms with Gasteiger partial charge in [0.15, 0.2) is 0 Å². The van der Waals surface area contributed by atoms with Gasteiger partial charge in [-0.05, 0) is 0 Å². The Morgan fingerprint density at radius 1 is 1.89 bits per heavy atom. The van der Waals surface area contributed by atoms with Gasteiger partial charge in [0, 0.05) is 13.1 Å². The number of nitrogens with two attached hydrogens (primary N) is 1. The summed E-state index contributed by atoms with van der Waals surface area (Å²) in [5, 5.41) is 7.81. The van der Waals surface area contributed by atoms with Crippen molar-refractivity contribution < 1.29 is 17.6 Å². The van der Waals surface area contributed by atoms with Crippen molar-refractivity contribution in [3.05, 3.63) is 0 Å². The van der Waals surface area contributed by atoms with Crippen LogP contribution < -0.4 is 11.2 Å². The van der Waals surface area contributed by atoms with Gasteiger partial charge in [0.1, 0.15) is 0 Å². The van der Waals surface area contributed by atoms with E-state index in [1.54, 1.807) is 0 Å². The molecule has 52 valence electrons. The number of rotatable bonds is 3. The molecule has 0 heterocycles.